The van der Waals surface area contributed by atoms with E-state index >= 15 is 0 Å². The summed E-state index contributed by atoms with van der Waals surface area (Å²) >= 11 is 0.892. The van der Waals surface area contributed by atoms with E-state index in [1.54, 1.807) is 6.92 Å². The quantitative estimate of drug-likeness (QED) is 0.779. The molecule has 0 saturated carbocycles. The van der Waals surface area contributed by atoms with Gasteiger partial charge in [0.1, 0.15) is 4.88 Å². The minimum absolute atomic E-state index is 0.00377. The number of rotatable bonds is 5. The molecule has 24 heavy (non-hydrogen) atoms. The lowest BCUT2D eigenvalue weighted by atomic mass is 10.3. The number of carbonyl (C=O) groups excluding carboxylic acids is 2. The van der Waals surface area contributed by atoms with Gasteiger partial charge in [-0.25, -0.2) is 18.2 Å². The minimum atomic E-state index is -3.86. The van der Waals surface area contributed by atoms with Crippen molar-refractivity contribution in [1.82, 2.24) is 4.98 Å². The van der Waals surface area contributed by atoms with Crippen LogP contribution in [0.15, 0.2) is 29.2 Å². The smallest absolute Gasteiger partial charge is 0.350 e. The second kappa shape index (κ2) is 6.97. The van der Waals surface area contributed by atoms with Crippen LogP contribution in [0, 0.1) is 6.92 Å². The molecule has 0 bridgehead atoms. The summed E-state index contributed by atoms with van der Waals surface area (Å²) in [6.07, 6.45) is 0. The number of aromatic nitrogens is 1. The van der Waals surface area contributed by atoms with Gasteiger partial charge in [-0.15, -0.1) is 0 Å². The van der Waals surface area contributed by atoms with E-state index in [0.717, 1.165) is 11.3 Å². The van der Waals surface area contributed by atoms with Gasteiger partial charge in [-0.2, -0.15) is 0 Å². The van der Waals surface area contributed by atoms with Gasteiger partial charge in [-0.3, -0.25) is 9.52 Å². The molecule has 0 spiro atoms. The fourth-order valence-electron chi connectivity index (χ4n) is 1.82. The average molecular weight is 369 g/mol. The summed E-state index contributed by atoms with van der Waals surface area (Å²) in [7, 11) is -2.62. The predicted octanol–water partition coefficient (Wildman–Crippen LogP) is 2.00. The third-order valence-corrected chi connectivity index (χ3v) is 5.41. The van der Waals surface area contributed by atoms with E-state index in [4.69, 9.17) is 0 Å². The summed E-state index contributed by atoms with van der Waals surface area (Å²) in [6.45, 7) is 2.94. The molecule has 2 N–H and O–H groups in total. The molecule has 0 unspecified atom stereocenters. The Labute approximate surface area is 142 Å². The molecule has 0 aliphatic rings. The first-order valence-corrected chi connectivity index (χ1v) is 8.99. The maximum absolute atomic E-state index is 12.3. The third kappa shape index (κ3) is 4.09. The standard InChI is InChI=1S/C14H15N3O5S2/c1-8-12(13(19)22-3)23-14(15-8)17-24(20,21)11-6-4-10(5-7-11)16-9(2)18/h4-7H,1-3H3,(H,15,17)(H,16,18). The number of hydrogen-bond acceptors (Lipinski definition) is 7. The average Bonchev–Trinajstić information content (AvgIpc) is 2.86. The Morgan fingerprint density at radius 2 is 1.83 bits per heavy atom. The molecular formula is C14H15N3O5S2. The van der Waals surface area contributed by atoms with E-state index < -0.39 is 16.0 Å². The largest absolute Gasteiger partial charge is 0.465 e. The van der Waals surface area contributed by atoms with Crippen LogP contribution in [0.5, 0.6) is 0 Å². The molecule has 2 rings (SSSR count). The first-order valence-electron chi connectivity index (χ1n) is 6.69. The number of nitrogens with zero attached hydrogens (tertiary/aromatic N) is 1. The zero-order valence-corrected chi connectivity index (χ0v) is 14.7. The fourth-order valence-corrected chi connectivity index (χ4v) is 3.94. The lowest BCUT2D eigenvalue weighted by molar-refractivity contribution is -0.114. The van der Waals surface area contributed by atoms with E-state index in [1.807, 2.05) is 0 Å². The lowest BCUT2D eigenvalue weighted by Gasteiger charge is -2.06. The topological polar surface area (TPSA) is 114 Å². The Morgan fingerprint density at radius 1 is 1.21 bits per heavy atom. The molecule has 10 heteroatoms. The number of ether oxygens (including phenoxy) is 1. The number of sulfonamides is 1. The molecule has 1 aromatic carbocycles. The van der Waals surface area contributed by atoms with Crippen molar-refractivity contribution < 1.29 is 22.7 Å². The molecule has 128 valence electrons. The summed E-state index contributed by atoms with van der Waals surface area (Å²) in [6, 6.07) is 5.66. The molecule has 1 aromatic heterocycles. The van der Waals surface area contributed by atoms with Crippen LogP contribution in [-0.2, 0) is 19.6 Å². The fraction of sp³-hybridized carbons (Fsp3) is 0.214. The van der Waals surface area contributed by atoms with E-state index in [2.05, 4.69) is 19.8 Å². The molecule has 0 aliphatic carbocycles. The van der Waals surface area contributed by atoms with Gasteiger partial charge < -0.3 is 10.1 Å². The monoisotopic (exact) mass is 369 g/mol. The molecule has 0 atom stereocenters. The van der Waals surface area contributed by atoms with E-state index in [0.29, 0.717) is 11.4 Å². The third-order valence-electron chi connectivity index (χ3n) is 2.87. The number of anilines is 2. The zero-order valence-electron chi connectivity index (χ0n) is 13.1. The van der Waals surface area contributed by atoms with Crippen molar-refractivity contribution in [2.45, 2.75) is 18.7 Å². The number of benzene rings is 1. The van der Waals surface area contributed by atoms with Crippen LogP contribution in [0.2, 0.25) is 0 Å². The van der Waals surface area contributed by atoms with Crippen LogP contribution >= 0.6 is 11.3 Å². The molecule has 0 saturated heterocycles. The Bertz CT molecular complexity index is 872. The van der Waals surface area contributed by atoms with Gasteiger partial charge in [0.25, 0.3) is 10.0 Å². The number of esters is 1. The highest BCUT2D eigenvalue weighted by molar-refractivity contribution is 7.93. The molecule has 2 aromatic rings. The zero-order chi connectivity index (χ0) is 17.9. The highest BCUT2D eigenvalue weighted by atomic mass is 32.2. The number of thiazole rings is 1. The second-order valence-electron chi connectivity index (χ2n) is 4.74. The molecule has 1 heterocycles. The highest BCUT2D eigenvalue weighted by Crippen LogP contribution is 2.26. The second-order valence-corrected chi connectivity index (χ2v) is 7.42. The van der Waals surface area contributed by atoms with Crippen molar-refractivity contribution in [3.05, 3.63) is 34.8 Å². The van der Waals surface area contributed by atoms with Gasteiger partial charge in [0.15, 0.2) is 5.13 Å². The van der Waals surface area contributed by atoms with E-state index in [9.17, 15) is 18.0 Å². The Kier molecular flexibility index (Phi) is 5.20. The number of nitrogens with one attached hydrogen (secondary N) is 2. The van der Waals surface area contributed by atoms with Gasteiger partial charge in [-0.05, 0) is 31.2 Å². The maximum Gasteiger partial charge on any atom is 0.350 e. The summed E-state index contributed by atoms with van der Waals surface area (Å²) < 4.78 is 31.6. The van der Waals surface area contributed by atoms with Crippen LogP contribution in [0.4, 0.5) is 10.8 Å². The Hall–Kier alpha value is -2.46. The van der Waals surface area contributed by atoms with Crippen molar-refractivity contribution in [1.29, 1.82) is 0 Å². The van der Waals surface area contributed by atoms with Crippen LogP contribution < -0.4 is 10.0 Å². The first kappa shape index (κ1) is 17.9. The van der Waals surface area contributed by atoms with Gasteiger partial charge in [0.2, 0.25) is 5.91 Å². The van der Waals surface area contributed by atoms with Gasteiger partial charge in [-0.1, -0.05) is 11.3 Å². The summed E-state index contributed by atoms with van der Waals surface area (Å²) in [5.41, 5.74) is 0.866. The number of hydrogen-bond donors (Lipinski definition) is 2. The predicted molar refractivity (Wildman–Crippen MR) is 89.7 cm³/mol. The van der Waals surface area contributed by atoms with Gasteiger partial charge >= 0.3 is 5.97 Å². The summed E-state index contributed by atoms with van der Waals surface area (Å²) in [5.74, 6) is -0.826. The van der Waals surface area contributed by atoms with Crippen molar-refractivity contribution in [2.75, 3.05) is 17.1 Å². The highest BCUT2D eigenvalue weighted by Gasteiger charge is 2.20. The molecule has 8 nitrogen and oxygen atoms in total. The van der Waals surface area contributed by atoms with Crippen LogP contribution in [0.1, 0.15) is 22.3 Å². The van der Waals surface area contributed by atoms with Crippen molar-refractivity contribution in [2.24, 2.45) is 0 Å². The number of amides is 1. The maximum atomic E-state index is 12.3. The Balaban J connectivity index is 2.22. The SMILES string of the molecule is COC(=O)c1sc(NS(=O)(=O)c2ccc(NC(C)=O)cc2)nc1C. The Morgan fingerprint density at radius 3 is 2.38 bits per heavy atom. The summed E-state index contributed by atoms with van der Waals surface area (Å²) in [5, 5.41) is 2.62. The van der Waals surface area contributed by atoms with E-state index in [1.165, 1.54) is 38.3 Å². The van der Waals surface area contributed by atoms with Crippen molar-refractivity contribution in [3.8, 4) is 0 Å². The van der Waals surface area contributed by atoms with Crippen LogP contribution in [0.3, 0.4) is 0 Å². The van der Waals surface area contributed by atoms with Crippen molar-refractivity contribution in [3.63, 3.8) is 0 Å². The van der Waals surface area contributed by atoms with Crippen LogP contribution in [-0.4, -0.2) is 32.4 Å². The van der Waals surface area contributed by atoms with E-state index in [-0.39, 0.29) is 20.8 Å². The van der Waals surface area contributed by atoms with Crippen molar-refractivity contribution >= 4 is 44.1 Å². The normalized spacial score (nSPS) is 11.0. The van der Waals surface area contributed by atoms with Crippen LogP contribution in [0.25, 0.3) is 0 Å². The number of carbonyl (C=O) groups is 2. The molecule has 0 radical (unpaired) electrons. The molecule has 0 aliphatic heterocycles. The molecular weight excluding hydrogens is 354 g/mol. The molecule has 1 amide bonds. The first-order chi connectivity index (χ1) is 11.2. The number of methoxy groups -OCH3 is 1. The summed E-state index contributed by atoms with van der Waals surface area (Å²) in [4.78, 5) is 26.8. The minimum Gasteiger partial charge on any atom is -0.465 e. The van der Waals surface area contributed by atoms with Gasteiger partial charge in [0.05, 0.1) is 17.7 Å². The van der Waals surface area contributed by atoms with Gasteiger partial charge in [0, 0.05) is 12.6 Å². The molecule has 0 fully saturated rings. The lowest BCUT2D eigenvalue weighted by Crippen LogP contribution is -2.13. The number of aryl methyl sites for hydroxylation is 1.